The van der Waals surface area contributed by atoms with Crippen molar-refractivity contribution in [2.75, 3.05) is 38.5 Å². The van der Waals surface area contributed by atoms with Crippen molar-refractivity contribution < 1.29 is 4.55 Å². The van der Waals surface area contributed by atoms with Gasteiger partial charge in [-0.15, -0.1) is 0 Å². The standard InChI is InChI=1S/C25H34Cl2N2OS/c1-3-28-18-21(20-9-10-23(26)24(27)17-20)13-16-29-14-11-19(12-15-29)22-7-5-6-8-25(22)31(30)4-2/h5-10,17,19,21,28H,3-4,11-16,18H2,1-2H3/t21-,31?/m1/s1. The SMILES string of the molecule is CCNC[C@@H](CCN1CCC(c2ccccc2[S+]([O-])CC)CC1)c1ccc(Cl)c(Cl)c1. The fourth-order valence-electron chi connectivity index (χ4n) is 4.46. The average Bonchev–Trinajstić information content (AvgIpc) is 2.81. The number of halogens is 2. The monoisotopic (exact) mass is 480 g/mol. The van der Waals surface area contributed by atoms with Crippen LogP contribution < -0.4 is 5.32 Å². The van der Waals surface area contributed by atoms with Gasteiger partial charge in [-0.25, -0.2) is 0 Å². The fraction of sp³-hybridized carbons (Fsp3) is 0.520. The zero-order valence-corrected chi connectivity index (χ0v) is 20.9. The Hall–Kier alpha value is -0.750. The first-order valence-electron chi connectivity index (χ1n) is 11.4. The molecule has 0 bridgehead atoms. The van der Waals surface area contributed by atoms with Crippen LogP contribution in [0.4, 0.5) is 0 Å². The number of likely N-dealkylation sites (tertiary alicyclic amines) is 1. The molecule has 2 aromatic carbocycles. The molecule has 3 nitrogen and oxygen atoms in total. The summed E-state index contributed by atoms with van der Waals surface area (Å²) in [7, 11) is 0. The second kappa shape index (κ2) is 12.5. The van der Waals surface area contributed by atoms with Crippen LogP contribution in [0.25, 0.3) is 0 Å². The van der Waals surface area contributed by atoms with Crippen LogP contribution in [0.5, 0.6) is 0 Å². The molecule has 0 spiro atoms. The third-order valence-corrected chi connectivity index (χ3v) is 8.43. The van der Waals surface area contributed by atoms with Gasteiger partial charge in [0, 0.05) is 12.1 Å². The predicted molar refractivity (Wildman–Crippen MR) is 134 cm³/mol. The molecule has 1 fully saturated rings. The van der Waals surface area contributed by atoms with Gasteiger partial charge >= 0.3 is 0 Å². The van der Waals surface area contributed by atoms with Gasteiger partial charge < -0.3 is 14.8 Å². The minimum atomic E-state index is -0.891. The number of nitrogens with one attached hydrogen (secondary N) is 1. The molecule has 1 aliphatic rings. The normalized spacial score (nSPS) is 17.6. The molecule has 170 valence electrons. The molecule has 1 saturated heterocycles. The van der Waals surface area contributed by atoms with Crippen molar-refractivity contribution >= 4 is 34.4 Å². The Morgan fingerprint density at radius 3 is 2.52 bits per heavy atom. The summed E-state index contributed by atoms with van der Waals surface area (Å²) in [5.41, 5.74) is 2.55. The molecule has 6 heteroatoms. The number of hydrogen-bond acceptors (Lipinski definition) is 3. The molecular formula is C25H34Cl2N2OS. The van der Waals surface area contributed by atoms with E-state index in [0.717, 1.165) is 56.9 Å². The second-order valence-electron chi connectivity index (χ2n) is 8.25. The van der Waals surface area contributed by atoms with E-state index in [0.29, 0.717) is 27.6 Å². The minimum absolute atomic E-state index is 0.417. The lowest BCUT2D eigenvalue weighted by molar-refractivity contribution is 0.204. The highest BCUT2D eigenvalue weighted by Gasteiger charge is 2.26. The van der Waals surface area contributed by atoms with E-state index in [-0.39, 0.29) is 0 Å². The van der Waals surface area contributed by atoms with E-state index in [4.69, 9.17) is 23.2 Å². The van der Waals surface area contributed by atoms with Gasteiger partial charge in [0.25, 0.3) is 0 Å². The van der Waals surface area contributed by atoms with Gasteiger partial charge in [-0.3, -0.25) is 0 Å². The first-order chi connectivity index (χ1) is 15.0. The number of rotatable bonds is 10. The van der Waals surface area contributed by atoms with Crippen LogP contribution in [0.3, 0.4) is 0 Å². The smallest absolute Gasteiger partial charge is 0.156 e. The summed E-state index contributed by atoms with van der Waals surface area (Å²) in [5.74, 6) is 1.60. The van der Waals surface area contributed by atoms with E-state index in [1.165, 1.54) is 11.1 Å². The van der Waals surface area contributed by atoms with E-state index in [1.807, 2.05) is 31.2 Å². The minimum Gasteiger partial charge on any atom is -0.611 e. The van der Waals surface area contributed by atoms with Gasteiger partial charge in [0.1, 0.15) is 5.75 Å². The Morgan fingerprint density at radius 1 is 1.10 bits per heavy atom. The van der Waals surface area contributed by atoms with E-state index in [1.54, 1.807) is 0 Å². The Labute approximate surface area is 200 Å². The van der Waals surface area contributed by atoms with Crippen molar-refractivity contribution in [2.45, 2.75) is 49.8 Å². The van der Waals surface area contributed by atoms with Crippen LogP contribution in [0.2, 0.25) is 10.0 Å². The summed E-state index contributed by atoms with van der Waals surface area (Å²) in [4.78, 5) is 3.61. The Kier molecular flexibility index (Phi) is 10.0. The van der Waals surface area contributed by atoms with Crippen LogP contribution in [0.15, 0.2) is 47.4 Å². The summed E-state index contributed by atoms with van der Waals surface area (Å²) in [6.45, 7) is 9.29. The van der Waals surface area contributed by atoms with Crippen LogP contribution >= 0.6 is 23.2 Å². The molecule has 2 atom stereocenters. The van der Waals surface area contributed by atoms with Crippen molar-refractivity contribution in [1.82, 2.24) is 10.2 Å². The van der Waals surface area contributed by atoms with Crippen molar-refractivity contribution in [3.05, 3.63) is 63.6 Å². The van der Waals surface area contributed by atoms with Gasteiger partial charge in [0.2, 0.25) is 0 Å². The third kappa shape index (κ3) is 6.86. The Balaban J connectivity index is 1.58. The Bertz CT molecular complexity index is 827. The van der Waals surface area contributed by atoms with Gasteiger partial charge in [0.15, 0.2) is 4.90 Å². The molecule has 1 heterocycles. The highest BCUT2D eigenvalue weighted by atomic mass is 35.5. The van der Waals surface area contributed by atoms with Crippen LogP contribution in [0.1, 0.15) is 56.1 Å². The van der Waals surface area contributed by atoms with Crippen molar-refractivity contribution in [1.29, 1.82) is 0 Å². The molecule has 1 aliphatic heterocycles. The predicted octanol–water partition coefficient (Wildman–Crippen LogP) is 6.08. The summed E-state index contributed by atoms with van der Waals surface area (Å²) < 4.78 is 12.5. The average molecular weight is 482 g/mol. The zero-order valence-electron chi connectivity index (χ0n) is 18.6. The topological polar surface area (TPSA) is 38.3 Å². The van der Waals surface area contributed by atoms with Gasteiger partial charge in [0.05, 0.1) is 10.0 Å². The molecule has 31 heavy (non-hydrogen) atoms. The summed E-state index contributed by atoms with van der Waals surface area (Å²) >= 11 is 11.5. The molecule has 0 amide bonds. The van der Waals surface area contributed by atoms with Gasteiger partial charge in [-0.05, 0) is 99.1 Å². The second-order valence-corrected chi connectivity index (χ2v) is 10.8. The van der Waals surface area contributed by atoms with E-state index >= 15 is 0 Å². The van der Waals surface area contributed by atoms with E-state index in [9.17, 15) is 4.55 Å². The molecule has 0 saturated carbocycles. The molecule has 2 aromatic rings. The maximum absolute atomic E-state index is 12.5. The fourth-order valence-corrected chi connectivity index (χ4v) is 5.80. The number of nitrogens with zero attached hydrogens (tertiary/aromatic N) is 1. The molecule has 0 aliphatic carbocycles. The molecular weight excluding hydrogens is 447 g/mol. The maximum atomic E-state index is 12.5. The third-order valence-electron chi connectivity index (χ3n) is 6.30. The summed E-state index contributed by atoms with van der Waals surface area (Å²) in [6, 6.07) is 14.3. The van der Waals surface area contributed by atoms with Crippen molar-refractivity contribution in [3.63, 3.8) is 0 Å². The lowest BCUT2D eigenvalue weighted by Crippen LogP contribution is -2.35. The van der Waals surface area contributed by atoms with Crippen LogP contribution in [-0.2, 0) is 11.2 Å². The highest BCUT2D eigenvalue weighted by molar-refractivity contribution is 7.91. The lowest BCUT2D eigenvalue weighted by Gasteiger charge is -2.33. The molecule has 1 N–H and O–H groups in total. The molecule has 0 aromatic heterocycles. The first kappa shape index (κ1) is 24.9. The van der Waals surface area contributed by atoms with Crippen molar-refractivity contribution in [2.24, 2.45) is 0 Å². The highest BCUT2D eigenvalue weighted by Crippen LogP contribution is 2.33. The molecule has 3 rings (SSSR count). The number of piperidine rings is 1. The number of likely N-dealkylation sites (N-methyl/N-ethyl adjacent to an activating group) is 1. The zero-order chi connectivity index (χ0) is 22.2. The summed E-state index contributed by atoms with van der Waals surface area (Å²) in [5, 5.41) is 4.74. The first-order valence-corrected chi connectivity index (χ1v) is 13.5. The van der Waals surface area contributed by atoms with Crippen LogP contribution in [0, 0.1) is 0 Å². The maximum Gasteiger partial charge on any atom is 0.156 e. The molecule has 0 radical (unpaired) electrons. The van der Waals surface area contributed by atoms with Gasteiger partial charge in [-0.1, -0.05) is 54.4 Å². The molecule has 1 unspecified atom stereocenters. The number of hydrogen-bond donors (Lipinski definition) is 1. The summed E-state index contributed by atoms with van der Waals surface area (Å²) in [6.07, 6.45) is 3.34. The van der Waals surface area contributed by atoms with E-state index in [2.05, 4.69) is 35.3 Å². The van der Waals surface area contributed by atoms with Crippen LogP contribution in [-0.4, -0.2) is 47.9 Å². The van der Waals surface area contributed by atoms with Crippen molar-refractivity contribution in [3.8, 4) is 0 Å². The quantitative estimate of drug-likeness (QED) is 0.418. The van der Waals surface area contributed by atoms with Gasteiger partial charge in [-0.2, -0.15) is 0 Å². The number of benzene rings is 2. The van der Waals surface area contributed by atoms with E-state index < -0.39 is 11.2 Å². The Morgan fingerprint density at radius 2 is 1.84 bits per heavy atom. The lowest BCUT2D eigenvalue weighted by atomic mass is 9.89. The largest absolute Gasteiger partial charge is 0.611 e.